The molecule has 2 unspecified atom stereocenters. The maximum absolute atomic E-state index is 11.4. The lowest BCUT2D eigenvalue weighted by Gasteiger charge is -2.22. The van der Waals surface area contributed by atoms with Crippen molar-refractivity contribution >= 4 is 21.8 Å². The molecule has 0 aromatic rings. The number of carbonyl (C=O) groups excluding carboxylic acids is 1. The van der Waals surface area contributed by atoms with Crippen molar-refractivity contribution in [2.45, 2.75) is 50.0 Å². The van der Waals surface area contributed by atoms with Crippen molar-refractivity contribution in [1.82, 2.24) is 5.32 Å². The van der Waals surface area contributed by atoms with E-state index in [2.05, 4.69) is 21.2 Å². The SMILES string of the molecule is CC(Br)CNC(=O)CCC1CCCCO1. The smallest absolute Gasteiger partial charge is 0.220 e. The molecule has 1 N–H and O–H groups in total. The van der Waals surface area contributed by atoms with Crippen LogP contribution in [0, 0.1) is 0 Å². The van der Waals surface area contributed by atoms with E-state index in [1.807, 2.05) is 6.92 Å². The van der Waals surface area contributed by atoms with Crippen LogP contribution >= 0.6 is 15.9 Å². The molecule has 4 heteroatoms. The summed E-state index contributed by atoms with van der Waals surface area (Å²) < 4.78 is 5.56. The second kappa shape index (κ2) is 7.23. The van der Waals surface area contributed by atoms with Gasteiger partial charge in [-0.3, -0.25) is 4.79 Å². The lowest BCUT2D eigenvalue weighted by Crippen LogP contribution is -2.29. The minimum absolute atomic E-state index is 0.135. The van der Waals surface area contributed by atoms with Gasteiger partial charge in [0.05, 0.1) is 6.10 Å². The average Bonchev–Trinajstić information content (AvgIpc) is 2.25. The van der Waals surface area contributed by atoms with E-state index >= 15 is 0 Å². The van der Waals surface area contributed by atoms with Crippen molar-refractivity contribution in [1.29, 1.82) is 0 Å². The first kappa shape index (κ1) is 13.0. The van der Waals surface area contributed by atoms with Gasteiger partial charge in [-0.15, -0.1) is 0 Å². The standard InChI is InChI=1S/C11H20BrNO2/c1-9(12)8-13-11(14)6-5-10-4-2-3-7-15-10/h9-10H,2-8H2,1H3,(H,13,14). The van der Waals surface area contributed by atoms with E-state index in [1.54, 1.807) is 0 Å². The van der Waals surface area contributed by atoms with Crippen molar-refractivity contribution in [2.75, 3.05) is 13.2 Å². The first-order valence-electron chi connectivity index (χ1n) is 5.71. The van der Waals surface area contributed by atoms with Crippen LogP contribution in [-0.2, 0) is 9.53 Å². The summed E-state index contributed by atoms with van der Waals surface area (Å²) in [5.74, 6) is 0.135. The Balaban J connectivity index is 2.05. The molecule has 1 saturated heterocycles. The summed E-state index contributed by atoms with van der Waals surface area (Å²) in [6, 6.07) is 0. The second-order valence-corrected chi connectivity index (χ2v) is 5.68. The molecule has 0 aliphatic carbocycles. The number of alkyl halides is 1. The van der Waals surface area contributed by atoms with Crippen LogP contribution in [0.1, 0.15) is 39.0 Å². The molecule has 2 atom stereocenters. The molecule has 1 aliphatic heterocycles. The minimum Gasteiger partial charge on any atom is -0.378 e. The molecule has 0 aromatic carbocycles. The third-order valence-electron chi connectivity index (χ3n) is 2.55. The van der Waals surface area contributed by atoms with Gasteiger partial charge in [0, 0.05) is 24.4 Å². The predicted molar refractivity (Wildman–Crippen MR) is 64.2 cm³/mol. The van der Waals surface area contributed by atoms with Gasteiger partial charge >= 0.3 is 0 Å². The Hall–Kier alpha value is -0.0900. The zero-order valence-electron chi connectivity index (χ0n) is 9.30. The van der Waals surface area contributed by atoms with Gasteiger partial charge in [0.2, 0.25) is 5.91 Å². The normalized spacial score (nSPS) is 23.5. The molecular weight excluding hydrogens is 258 g/mol. The minimum atomic E-state index is 0.135. The Labute approximate surface area is 100 Å². The summed E-state index contributed by atoms with van der Waals surface area (Å²) >= 11 is 3.39. The van der Waals surface area contributed by atoms with Crippen molar-refractivity contribution in [3.05, 3.63) is 0 Å². The number of ether oxygens (including phenoxy) is 1. The van der Waals surface area contributed by atoms with Crippen LogP contribution in [0.3, 0.4) is 0 Å². The van der Waals surface area contributed by atoms with Gasteiger partial charge in [-0.25, -0.2) is 0 Å². The molecule has 1 rings (SSSR count). The molecule has 0 spiro atoms. The molecule has 88 valence electrons. The number of carbonyl (C=O) groups is 1. The van der Waals surface area contributed by atoms with Crippen LogP contribution in [0.5, 0.6) is 0 Å². The first-order chi connectivity index (χ1) is 7.18. The van der Waals surface area contributed by atoms with Gasteiger partial charge in [0.25, 0.3) is 0 Å². The van der Waals surface area contributed by atoms with Gasteiger partial charge in [0.15, 0.2) is 0 Å². The molecule has 15 heavy (non-hydrogen) atoms. The Morgan fingerprint density at radius 1 is 1.60 bits per heavy atom. The lowest BCUT2D eigenvalue weighted by molar-refractivity contribution is -0.122. The highest BCUT2D eigenvalue weighted by atomic mass is 79.9. The number of amides is 1. The molecule has 1 amide bonds. The van der Waals surface area contributed by atoms with Gasteiger partial charge in [-0.05, 0) is 25.7 Å². The third kappa shape index (κ3) is 6.15. The molecule has 1 heterocycles. The van der Waals surface area contributed by atoms with Crippen LogP contribution in [0.2, 0.25) is 0 Å². The highest BCUT2D eigenvalue weighted by Crippen LogP contribution is 2.16. The summed E-state index contributed by atoms with van der Waals surface area (Å²) in [7, 11) is 0. The lowest BCUT2D eigenvalue weighted by atomic mass is 10.0. The fraction of sp³-hybridized carbons (Fsp3) is 0.909. The zero-order chi connectivity index (χ0) is 11.1. The van der Waals surface area contributed by atoms with Gasteiger partial charge in [0.1, 0.15) is 0 Å². The van der Waals surface area contributed by atoms with Gasteiger partial charge in [-0.2, -0.15) is 0 Å². The van der Waals surface area contributed by atoms with E-state index < -0.39 is 0 Å². The van der Waals surface area contributed by atoms with E-state index in [0.29, 0.717) is 23.9 Å². The van der Waals surface area contributed by atoms with Crippen LogP contribution in [-0.4, -0.2) is 30.0 Å². The van der Waals surface area contributed by atoms with Gasteiger partial charge in [-0.1, -0.05) is 22.9 Å². The molecule has 0 bridgehead atoms. The van der Waals surface area contributed by atoms with Crippen LogP contribution in [0.15, 0.2) is 0 Å². The van der Waals surface area contributed by atoms with Crippen molar-refractivity contribution in [2.24, 2.45) is 0 Å². The van der Waals surface area contributed by atoms with Gasteiger partial charge < -0.3 is 10.1 Å². The van der Waals surface area contributed by atoms with E-state index in [4.69, 9.17) is 4.74 Å². The summed E-state index contributed by atoms with van der Waals surface area (Å²) in [5.41, 5.74) is 0. The molecule has 0 saturated carbocycles. The quantitative estimate of drug-likeness (QED) is 0.783. The Kier molecular flexibility index (Phi) is 6.25. The average molecular weight is 278 g/mol. The van der Waals surface area contributed by atoms with Crippen LogP contribution in [0.25, 0.3) is 0 Å². The Bertz CT molecular complexity index is 191. The van der Waals surface area contributed by atoms with Crippen LogP contribution < -0.4 is 5.32 Å². The topological polar surface area (TPSA) is 38.3 Å². The van der Waals surface area contributed by atoms with Crippen LogP contribution in [0.4, 0.5) is 0 Å². The maximum atomic E-state index is 11.4. The molecule has 1 aliphatic rings. The summed E-state index contributed by atoms with van der Waals surface area (Å²) in [4.78, 5) is 11.7. The molecular formula is C11H20BrNO2. The number of halogens is 1. The highest BCUT2D eigenvalue weighted by molar-refractivity contribution is 9.09. The number of hydrogen-bond acceptors (Lipinski definition) is 2. The fourth-order valence-electron chi connectivity index (χ4n) is 1.67. The van der Waals surface area contributed by atoms with E-state index in [-0.39, 0.29) is 5.91 Å². The molecule has 3 nitrogen and oxygen atoms in total. The largest absolute Gasteiger partial charge is 0.378 e. The third-order valence-corrected chi connectivity index (χ3v) is 2.87. The highest BCUT2D eigenvalue weighted by Gasteiger charge is 2.15. The number of nitrogens with one attached hydrogen (secondary N) is 1. The maximum Gasteiger partial charge on any atom is 0.220 e. The summed E-state index contributed by atoms with van der Waals surface area (Å²) in [5, 5.41) is 2.88. The Morgan fingerprint density at radius 3 is 3.00 bits per heavy atom. The fourth-order valence-corrected chi connectivity index (χ4v) is 1.83. The van der Waals surface area contributed by atoms with Crippen molar-refractivity contribution in [3.8, 4) is 0 Å². The molecule has 0 radical (unpaired) electrons. The number of rotatable bonds is 5. The molecule has 0 aromatic heterocycles. The number of hydrogen-bond donors (Lipinski definition) is 1. The summed E-state index contributed by atoms with van der Waals surface area (Å²) in [6.07, 6.45) is 5.29. The van der Waals surface area contributed by atoms with Crippen molar-refractivity contribution in [3.63, 3.8) is 0 Å². The summed E-state index contributed by atoms with van der Waals surface area (Å²) in [6.45, 7) is 3.58. The predicted octanol–water partition coefficient (Wildman–Crippen LogP) is 2.24. The monoisotopic (exact) mass is 277 g/mol. The second-order valence-electron chi connectivity index (χ2n) is 4.11. The zero-order valence-corrected chi connectivity index (χ0v) is 10.9. The van der Waals surface area contributed by atoms with E-state index in [1.165, 1.54) is 12.8 Å². The van der Waals surface area contributed by atoms with E-state index in [9.17, 15) is 4.79 Å². The van der Waals surface area contributed by atoms with E-state index in [0.717, 1.165) is 19.4 Å². The first-order valence-corrected chi connectivity index (χ1v) is 6.62. The Morgan fingerprint density at radius 2 is 2.40 bits per heavy atom. The molecule has 1 fully saturated rings. The van der Waals surface area contributed by atoms with Crippen molar-refractivity contribution < 1.29 is 9.53 Å².